The van der Waals surface area contributed by atoms with Crippen molar-refractivity contribution in [2.45, 2.75) is 20.8 Å². The summed E-state index contributed by atoms with van der Waals surface area (Å²) < 4.78 is 5.00. The molecule has 0 aliphatic heterocycles. The zero-order chi connectivity index (χ0) is 8.69. The Hall–Kier alpha value is -1.05. The van der Waals surface area contributed by atoms with E-state index in [-0.39, 0.29) is 0 Å². The molecule has 0 radical (unpaired) electrons. The monoisotopic (exact) mass is 153 g/mol. The van der Waals surface area contributed by atoms with Crippen LogP contribution in [0, 0.1) is 6.92 Å². The third-order valence-corrected chi connectivity index (χ3v) is 1.19. The summed E-state index contributed by atoms with van der Waals surface area (Å²) in [4.78, 5) is 3.91. The molecule has 0 fully saturated rings. The van der Waals surface area contributed by atoms with Crippen molar-refractivity contribution in [1.82, 2.24) is 4.98 Å². The number of hydrogen-bond acceptors (Lipinski definition) is 2. The number of aryl methyl sites for hydroxylation is 1. The average molecular weight is 153 g/mol. The minimum absolute atomic E-state index is 0.894. The van der Waals surface area contributed by atoms with Gasteiger partial charge in [0.15, 0.2) is 0 Å². The Labute approximate surface area is 68.2 Å². The van der Waals surface area contributed by atoms with Crippen LogP contribution in [0.25, 0.3) is 0 Å². The van der Waals surface area contributed by atoms with Gasteiger partial charge in [-0.25, -0.2) is 0 Å². The van der Waals surface area contributed by atoms with Gasteiger partial charge in [0.05, 0.1) is 7.11 Å². The Balaban J connectivity index is 0.000000461. The van der Waals surface area contributed by atoms with E-state index < -0.39 is 0 Å². The van der Waals surface area contributed by atoms with Crippen LogP contribution < -0.4 is 4.74 Å². The minimum atomic E-state index is 0.894. The molecular weight excluding hydrogens is 138 g/mol. The first-order chi connectivity index (χ1) is 5.34. The van der Waals surface area contributed by atoms with E-state index >= 15 is 0 Å². The van der Waals surface area contributed by atoms with Gasteiger partial charge in [-0.15, -0.1) is 0 Å². The van der Waals surface area contributed by atoms with Gasteiger partial charge in [0.1, 0.15) is 5.75 Å². The van der Waals surface area contributed by atoms with Gasteiger partial charge in [-0.05, 0) is 13.0 Å². The SMILES string of the molecule is CC.COc1ccncc1C. The number of nitrogens with zero attached hydrogens (tertiary/aromatic N) is 1. The fourth-order valence-electron chi connectivity index (χ4n) is 0.690. The van der Waals surface area contributed by atoms with E-state index in [2.05, 4.69) is 4.98 Å². The smallest absolute Gasteiger partial charge is 0.124 e. The highest BCUT2D eigenvalue weighted by Gasteiger charge is 1.91. The Kier molecular flexibility index (Phi) is 5.17. The Bertz CT molecular complexity index is 199. The van der Waals surface area contributed by atoms with Crippen molar-refractivity contribution in [3.63, 3.8) is 0 Å². The van der Waals surface area contributed by atoms with E-state index in [1.165, 1.54) is 0 Å². The molecule has 0 saturated heterocycles. The number of ether oxygens (including phenoxy) is 1. The summed E-state index contributed by atoms with van der Waals surface area (Å²) >= 11 is 0. The van der Waals surface area contributed by atoms with Crippen molar-refractivity contribution >= 4 is 0 Å². The molecule has 1 heterocycles. The Morgan fingerprint density at radius 2 is 2.00 bits per heavy atom. The maximum absolute atomic E-state index is 5.00. The molecule has 1 aromatic heterocycles. The van der Waals surface area contributed by atoms with Crippen LogP contribution in [0.1, 0.15) is 19.4 Å². The van der Waals surface area contributed by atoms with E-state index in [1.54, 1.807) is 19.5 Å². The van der Waals surface area contributed by atoms with Gasteiger partial charge in [-0.3, -0.25) is 4.98 Å². The molecule has 0 aromatic carbocycles. The fourth-order valence-corrected chi connectivity index (χ4v) is 0.690. The molecule has 0 saturated carbocycles. The minimum Gasteiger partial charge on any atom is -0.496 e. The number of pyridine rings is 1. The first-order valence-corrected chi connectivity index (χ1v) is 3.79. The highest BCUT2D eigenvalue weighted by Crippen LogP contribution is 2.12. The van der Waals surface area contributed by atoms with Crippen LogP contribution in [0.4, 0.5) is 0 Å². The van der Waals surface area contributed by atoms with Crippen molar-refractivity contribution < 1.29 is 4.74 Å². The van der Waals surface area contributed by atoms with Gasteiger partial charge in [0.25, 0.3) is 0 Å². The number of rotatable bonds is 1. The number of methoxy groups -OCH3 is 1. The van der Waals surface area contributed by atoms with Crippen LogP contribution in [0.5, 0.6) is 5.75 Å². The number of hydrogen-bond donors (Lipinski definition) is 0. The molecule has 0 atom stereocenters. The normalized spacial score (nSPS) is 8.00. The molecular formula is C9H15NO. The summed E-state index contributed by atoms with van der Waals surface area (Å²) in [5.74, 6) is 0.894. The van der Waals surface area contributed by atoms with Crippen molar-refractivity contribution in [3.8, 4) is 5.75 Å². The van der Waals surface area contributed by atoms with Gasteiger partial charge >= 0.3 is 0 Å². The molecule has 0 spiro atoms. The molecule has 0 amide bonds. The lowest BCUT2D eigenvalue weighted by Gasteiger charge is -2.00. The molecule has 11 heavy (non-hydrogen) atoms. The second kappa shape index (κ2) is 5.71. The number of aromatic nitrogens is 1. The van der Waals surface area contributed by atoms with E-state index in [0.29, 0.717) is 0 Å². The summed E-state index contributed by atoms with van der Waals surface area (Å²) in [6.45, 7) is 5.96. The van der Waals surface area contributed by atoms with Crippen LogP contribution in [-0.4, -0.2) is 12.1 Å². The second-order valence-electron chi connectivity index (χ2n) is 1.85. The van der Waals surface area contributed by atoms with Crippen LogP contribution in [-0.2, 0) is 0 Å². The lowest BCUT2D eigenvalue weighted by Crippen LogP contribution is -1.86. The summed E-state index contributed by atoms with van der Waals surface area (Å²) in [6, 6.07) is 1.84. The Morgan fingerprint density at radius 1 is 1.36 bits per heavy atom. The van der Waals surface area contributed by atoms with E-state index in [1.807, 2.05) is 26.8 Å². The second-order valence-corrected chi connectivity index (χ2v) is 1.85. The van der Waals surface area contributed by atoms with Crippen LogP contribution >= 0.6 is 0 Å². The molecule has 2 nitrogen and oxygen atoms in total. The van der Waals surface area contributed by atoms with Crippen molar-refractivity contribution in [2.75, 3.05) is 7.11 Å². The molecule has 2 heteroatoms. The van der Waals surface area contributed by atoms with E-state index in [4.69, 9.17) is 4.74 Å². The van der Waals surface area contributed by atoms with Crippen LogP contribution in [0.15, 0.2) is 18.5 Å². The maximum Gasteiger partial charge on any atom is 0.124 e. The summed E-state index contributed by atoms with van der Waals surface area (Å²) in [7, 11) is 1.66. The van der Waals surface area contributed by atoms with E-state index in [0.717, 1.165) is 11.3 Å². The third kappa shape index (κ3) is 3.03. The first-order valence-electron chi connectivity index (χ1n) is 3.79. The molecule has 1 rings (SSSR count). The molecule has 1 aromatic rings. The lowest BCUT2D eigenvalue weighted by atomic mass is 10.3. The van der Waals surface area contributed by atoms with Crippen LogP contribution in [0.2, 0.25) is 0 Å². The van der Waals surface area contributed by atoms with Gasteiger partial charge in [0, 0.05) is 18.0 Å². The molecule has 0 bridgehead atoms. The predicted octanol–water partition coefficient (Wildman–Crippen LogP) is 2.42. The zero-order valence-electron chi connectivity index (χ0n) is 7.59. The molecule has 0 unspecified atom stereocenters. The fraction of sp³-hybridized carbons (Fsp3) is 0.444. The van der Waals surface area contributed by atoms with Gasteiger partial charge in [0.2, 0.25) is 0 Å². The molecule has 0 aliphatic rings. The van der Waals surface area contributed by atoms with Gasteiger partial charge < -0.3 is 4.74 Å². The summed E-state index contributed by atoms with van der Waals surface area (Å²) in [5.41, 5.74) is 1.07. The largest absolute Gasteiger partial charge is 0.496 e. The van der Waals surface area contributed by atoms with Crippen LogP contribution in [0.3, 0.4) is 0 Å². The lowest BCUT2D eigenvalue weighted by molar-refractivity contribution is 0.411. The van der Waals surface area contributed by atoms with Crippen molar-refractivity contribution in [3.05, 3.63) is 24.0 Å². The highest BCUT2D eigenvalue weighted by molar-refractivity contribution is 5.27. The standard InChI is InChI=1S/C7H9NO.C2H6/c1-6-5-8-4-3-7(6)9-2;1-2/h3-5H,1-2H3;1-2H3. The highest BCUT2D eigenvalue weighted by atomic mass is 16.5. The first kappa shape index (κ1) is 9.95. The van der Waals surface area contributed by atoms with Gasteiger partial charge in [-0.2, -0.15) is 0 Å². The predicted molar refractivity (Wildman–Crippen MR) is 46.9 cm³/mol. The maximum atomic E-state index is 5.00. The third-order valence-electron chi connectivity index (χ3n) is 1.19. The van der Waals surface area contributed by atoms with Gasteiger partial charge in [-0.1, -0.05) is 13.8 Å². The Morgan fingerprint density at radius 3 is 2.36 bits per heavy atom. The molecule has 0 N–H and O–H groups in total. The zero-order valence-corrected chi connectivity index (χ0v) is 7.59. The summed E-state index contributed by atoms with van der Waals surface area (Å²) in [6.07, 6.45) is 3.49. The molecule has 0 aliphatic carbocycles. The average Bonchev–Trinajstić information content (AvgIpc) is 2.09. The topological polar surface area (TPSA) is 22.1 Å². The molecule has 62 valence electrons. The quantitative estimate of drug-likeness (QED) is 0.618. The van der Waals surface area contributed by atoms with Crippen molar-refractivity contribution in [2.24, 2.45) is 0 Å². The summed E-state index contributed by atoms with van der Waals surface area (Å²) in [5, 5.41) is 0. The van der Waals surface area contributed by atoms with Crippen molar-refractivity contribution in [1.29, 1.82) is 0 Å². The van der Waals surface area contributed by atoms with E-state index in [9.17, 15) is 0 Å².